The second-order valence-corrected chi connectivity index (χ2v) is 4.63. The molecule has 0 aromatic rings. The van der Waals surface area contributed by atoms with E-state index in [0.29, 0.717) is 0 Å². The van der Waals surface area contributed by atoms with E-state index in [1.807, 2.05) is 13.8 Å². The molecule has 1 saturated carbocycles. The van der Waals surface area contributed by atoms with Gasteiger partial charge in [0.05, 0.1) is 13.0 Å². The second-order valence-electron chi connectivity index (χ2n) is 4.63. The molecule has 1 aliphatic rings. The lowest BCUT2D eigenvalue weighted by molar-refractivity contribution is -0.145. The van der Waals surface area contributed by atoms with E-state index in [0.717, 1.165) is 0 Å². The van der Waals surface area contributed by atoms with Crippen LogP contribution in [0.5, 0.6) is 0 Å². The minimum absolute atomic E-state index is 0.0268. The SMILES string of the molecule is C=CCOC(=O)[C@@H]1[C@H](C=CC(=O)OC)C1(C)C. The van der Waals surface area contributed by atoms with Gasteiger partial charge < -0.3 is 9.47 Å². The van der Waals surface area contributed by atoms with E-state index in [2.05, 4.69) is 11.3 Å². The molecule has 2 atom stereocenters. The molecule has 0 radical (unpaired) electrons. The maximum absolute atomic E-state index is 11.7. The van der Waals surface area contributed by atoms with Gasteiger partial charge >= 0.3 is 11.9 Å². The summed E-state index contributed by atoms with van der Waals surface area (Å²) in [7, 11) is 1.32. The predicted octanol–water partition coefficient (Wildman–Crippen LogP) is 1.72. The van der Waals surface area contributed by atoms with E-state index in [4.69, 9.17) is 4.74 Å². The van der Waals surface area contributed by atoms with Gasteiger partial charge in [-0.25, -0.2) is 4.79 Å². The zero-order valence-corrected chi connectivity index (χ0v) is 10.4. The molecule has 0 bridgehead atoms. The van der Waals surface area contributed by atoms with Crippen LogP contribution in [-0.4, -0.2) is 25.7 Å². The van der Waals surface area contributed by atoms with E-state index in [-0.39, 0.29) is 29.8 Å². The second kappa shape index (κ2) is 5.17. The summed E-state index contributed by atoms with van der Waals surface area (Å²) in [6, 6.07) is 0. The normalized spacial score (nSPS) is 25.4. The van der Waals surface area contributed by atoms with Crippen molar-refractivity contribution in [3.05, 3.63) is 24.8 Å². The Kier molecular flexibility index (Phi) is 4.10. The van der Waals surface area contributed by atoms with Crippen LogP contribution in [0.2, 0.25) is 0 Å². The van der Waals surface area contributed by atoms with Crippen LogP contribution in [0, 0.1) is 17.3 Å². The zero-order valence-electron chi connectivity index (χ0n) is 10.4. The van der Waals surface area contributed by atoms with Crippen LogP contribution in [0.15, 0.2) is 24.8 Å². The number of methoxy groups -OCH3 is 1. The van der Waals surface area contributed by atoms with E-state index >= 15 is 0 Å². The molecular formula is C13H18O4. The molecule has 0 N–H and O–H groups in total. The predicted molar refractivity (Wildman–Crippen MR) is 63.1 cm³/mol. The van der Waals surface area contributed by atoms with Crippen molar-refractivity contribution < 1.29 is 19.1 Å². The van der Waals surface area contributed by atoms with Crippen molar-refractivity contribution in [2.24, 2.45) is 17.3 Å². The van der Waals surface area contributed by atoms with E-state index < -0.39 is 5.97 Å². The first-order valence-electron chi connectivity index (χ1n) is 5.48. The Labute approximate surface area is 101 Å². The highest BCUT2D eigenvalue weighted by Crippen LogP contribution is 2.59. The molecule has 4 heteroatoms. The fraction of sp³-hybridized carbons (Fsp3) is 0.538. The Morgan fingerprint density at radius 2 is 2.06 bits per heavy atom. The zero-order chi connectivity index (χ0) is 13.1. The first-order chi connectivity index (χ1) is 7.95. The van der Waals surface area contributed by atoms with Gasteiger partial charge in [-0.05, 0) is 11.3 Å². The molecule has 94 valence electrons. The van der Waals surface area contributed by atoms with Crippen LogP contribution in [-0.2, 0) is 19.1 Å². The minimum atomic E-state index is -0.411. The van der Waals surface area contributed by atoms with Crippen molar-refractivity contribution in [2.45, 2.75) is 13.8 Å². The first-order valence-corrected chi connectivity index (χ1v) is 5.48. The molecule has 0 saturated heterocycles. The Hall–Kier alpha value is -1.58. The van der Waals surface area contributed by atoms with E-state index in [1.54, 1.807) is 6.08 Å². The van der Waals surface area contributed by atoms with Crippen LogP contribution >= 0.6 is 0 Å². The summed E-state index contributed by atoms with van der Waals surface area (Å²) in [5.41, 5.74) is -0.164. The van der Waals surface area contributed by atoms with Gasteiger partial charge in [-0.1, -0.05) is 32.6 Å². The summed E-state index contributed by atoms with van der Waals surface area (Å²) in [6.07, 6.45) is 4.60. The van der Waals surface area contributed by atoms with Gasteiger partial charge in [0.1, 0.15) is 6.61 Å². The van der Waals surface area contributed by atoms with Gasteiger partial charge in [-0.2, -0.15) is 0 Å². The maximum atomic E-state index is 11.7. The van der Waals surface area contributed by atoms with E-state index in [9.17, 15) is 9.59 Å². The largest absolute Gasteiger partial charge is 0.466 e. The van der Waals surface area contributed by atoms with Crippen molar-refractivity contribution in [1.29, 1.82) is 0 Å². The fourth-order valence-electron chi connectivity index (χ4n) is 1.97. The summed E-state index contributed by atoms with van der Waals surface area (Å²) < 4.78 is 9.51. The molecule has 1 rings (SSSR count). The molecule has 0 unspecified atom stereocenters. The lowest BCUT2D eigenvalue weighted by atomic mass is 10.1. The number of esters is 2. The lowest BCUT2D eigenvalue weighted by Gasteiger charge is -2.02. The number of rotatable bonds is 5. The standard InChI is InChI=1S/C13H18O4/c1-5-8-17-12(15)11-9(13(11,2)3)6-7-10(14)16-4/h5-7,9,11H,1,8H2,2-4H3/t9-,11-/m0/s1. The molecule has 0 spiro atoms. The smallest absolute Gasteiger partial charge is 0.330 e. The molecule has 1 aliphatic carbocycles. The summed E-state index contributed by atoms with van der Waals surface area (Å²) in [6.45, 7) is 7.65. The average Bonchev–Trinajstić information content (AvgIpc) is 2.84. The quantitative estimate of drug-likeness (QED) is 0.416. The molecule has 0 aromatic carbocycles. The third-order valence-corrected chi connectivity index (χ3v) is 3.15. The van der Waals surface area contributed by atoms with Gasteiger partial charge in [0.15, 0.2) is 0 Å². The van der Waals surface area contributed by atoms with Crippen LogP contribution in [0.25, 0.3) is 0 Å². The Morgan fingerprint density at radius 1 is 1.41 bits per heavy atom. The molecule has 0 aromatic heterocycles. The first kappa shape index (κ1) is 13.5. The number of hydrogen-bond donors (Lipinski definition) is 0. The molecule has 17 heavy (non-hydrogen) atoms. The van der Waals surface area contributed by atoms with Gasteiger partial charge in [0.2, 0.25) is 0 Å². The molecule has 0 amide bonds. The molecule has 0 heterocycles. The lowest BCUT2D eigenvalue weighted by Crippen LogP contribution is -2.10. The Bertz CT molecular complexity index is 354. The van der Waals surface area contributed by atoms with Crippen molar-refractivity contribution >= 4 is 11.9 Å². The van der Waals surface area contributed by atoms with Crippen LogP contribution in [0.4, 0.5) is 0 Å². The Balaban J connectivity index is 2.58. The van der Waals surface area contributed by atoms with Crippen molar-refractivity contribution in [3.8, 4) is 0 Å². The monoisotopic (exact) mass is 238 g/mol. The van der Waals surface area contributed by atoms with Crippen LogP contribution in [0.3, 0.4) is 0 Å². The van der Waals surface area contributed by atoms with Gasteiger partial charge in [0.25, 0.3) is 0 Å². The summed E-state index contributed by atoms with van der Waals surface area (Å²) in [4.78, 5) is 22.6. The molecule has 1 fully saturated rings. The minimum Gasteiger partial charge on any atom is -0.466 e. The average molecular weight is 238 g/mol. The third-order valence-electron chi connectivity index (χ3n) is 3.15. The van der Waals surface area contributed by atoms with Crippen LogP contribution in [0.1, 0.15) is 13.8 Å². The van der Waals surface area contributed by atoms with E-state index in [1.165, 1.54) is 19.3 Å². The summed E-state index contributed by atoms with van der Waals surface area (Å²) in [5, 5.41) is 0. The number of allylic oxidation sites excluding steroid dienone is 1. The maximum Gasteiger partial charge on any atom is 0.330 e. The van der Waals surface area contributed by atoms with Crippen LogP contribution < -0.4 is 0 Å². The van der Waals surface area contributed by atoms with Gasteiger partial charge in [-0.3, -0.25) is 4.79 Å². The van der Waals surface area contributed by atoms with Crippen molar-refractivity contribution in [2.75, 3.05) is 13.7 Å². The highest BCUT2D eigenvalue weighted by Gasteiger charge is 2.61. The van der Waals surface area contributed by atoms with Gasteiger partial charge in [-0.15, -0.1) is 0 Å². The van der Waals surface area contributed by atoms with Crippen molar-refractivity contribution in [3.63, 3.8) is 0 Å². The molecule has 0 aliphatic heterocycles. The highest BCUT2D eigenvalue weighted by molar-refractivity contribution is 5.83. The number of hydrogen-bond acceptors (Lipinski definition) is 4. The topological polar surface area (TPSA) is 52.6 Å². The number of carbonyl (C=O) groups is 2. The van der Waals surface area contributed by atoms with Gasteiger partial charge in [0, 0.05) is 6.08 Å². The highest BCUT2D eigenvalue weighted by atomic mass is 16.5. The Morgan fingerprint density at radius 3 is 2.59 bits per heavy atom. The molecular weight excluding hydrogens is 220 g/mol. The third kappa shape index (κ3) is 2.96. The number of ether oxygens (including phenoxy) is 2. The summed E-state index contributed by atoms with van der Waals surface area (Å²) in [5.74, 6) is -0.817. The number of carbonyl (C=O) groups excluding carboxylic acids is 2. The summed E-state index contributed by atoms with van der Waals surface area (Å²) >= 11 is 0. The molecule has 4 nitrogen and oxygen atoms in total. The van der Waals surface area contributed by atoms with Crippen molar-refractivity contribution in [1.82, 2.24) is 0 Å². The fourth-order valence-corrected chi connectivity index (χ4v) is 1.97.